The minimum Gasteiger partial charge on any atom is -0.619 e. The summed E-state index contributed by atoms with van der Waals surface area (Å²) in [6.07, 6.45) is 2.77. The van der Waals surface area contributed by atoms with E-state index >= 15 is 0 Å². The lowest BCUT2D eigenvalue weighted by atomic mass is 10.2. The van der Waals surface area contributed by atoms with E-state index in [0.717, 1.165) is 5.56 Å². The van der Waals surface area contributed by atoms with Crippen LogP contribution >= 0.6 is 0 Å². The number of fused-ring (bicyclic) bond motifs is 1. The monoisotopic (exact) mass is 180 g/mol. The van der Waals surface area contributed by atoms with Crippen LogP contribution in [0.2, 0.25) is 0 Å². The molecule has 1 aliphatic heterocycles. The fraction of sp³-hybridized carbons (Fsp3) is 0.250. The Morgan fingerprint density at radius 2 is 2.54 bits per heavy atom. The van der Waals surface area contributed by atoms with E-state index in [1.54, 1.807) is 6.07 Å². The molecular weight excluding hydrogens is 172 g/mol. The van der Waals surface area contributed by atoms with E-state index in [0.29, 0.717) is 22.8 Å². The predicted molar refractivity (Wildman–Crippen MR) is 44.4 cm³/mol. The zero-order chi connectivity index (χ0) is 9.26. The SMILES string of the molecule is CON=C1COc2c[n+]([O-])ccc21. The van der Waals surface area contributed by atoms with Crippen LogP contribution in [0.5, 0.6) is 5.75 Å². The number of oxime groups is 1. The van der Waals surface area contributed by atoms with Gasteiger partial charge in [0.1, 0.15) is 19.4 Å². The number of hydrogen-bond donors (Lipinski definition) is 0. The Hall–Kier alpha value is -1.78. The Kier molecular flexibility index (Phi) is 1.77. The van der Waals surface area contributed by atoms with Crippen LogP contribution in [-0.2, 0) is 4.84 Å². The second-order valence-electron chi connectivity index (χ2n) is 2.59. The Labute approximate surface area is 74.8 Å². The van der Waals surface area contributed by atoms with E-state index in [9.17, 15) is 5.21 Å². The zero-order valence-corrected chi connectivity index (χ0v) is 7.06. The van der Waals surface area contributed by atoms with Crippen molar-refractivity contribution in [3.8, 4) is 5.75 Å². The van der Waals surface area contributed by atoms with E-state index in [2.05, 4.69) is 9.99 Å². The van der Waals surface area contributed by atoms with Gasteiger partial charge in [-0.25, -0.2) is 0 Å². The number of aromatic nitrogens is 1. The van der Waals surface area contributed by atoms with Crippen molar-refractivity contribution in [2.75, 3.05) is 13.7 Å². The maximum Gasteiger partial charge on any atom is 0.223 e. The summed E-state index contributed by atoms with van der Waals surface area (Å²) >= 11 is 0. The third kappa shape index (κ3) is 1.28. The Balaban J connectivity index is 2.44. The quantitative estimate of drug-likeness (QED) is 0.349. The molecule has 68 valence electrons. The van der Waals surface area contributed by atoms with Gasteiger partial charge in [0.2, 0.25) is 6.20 Å². The second kappa shape index (κ2) is 2.93. The molecule has 0 aliphatic carbocycles. The van der Waals surface area contributed by atoms with Crippen molar-refractivity contribution >= 4 is 5.71 Å². The highest BCUT2D eigenvalue weighted by Gasteiger charge is 2.22. The van der Waals surface area contributed by atoms with Gasteiger partial charge in [-0.15, -0.1) is 0 Å². The largest absolute Gasteiger partial charge is 0.619 e. The normalized spacial score (nSPS) is 16.8. The van der Waals surface area contributed by atoms with Gasteiger partial charge in [-0.3, -0.25) is 0 Å². The summed E-state index contributed by atoms with van der Waals surface area (Å²) in [6, 6.07) is 1.66. The zero-order valence-electron chi connectivity index (χ0n) is 7.06. The summed E-state index contributed by atoms with van der Waals surface area (Å²) in [6.45, 7) is 0.354. The third-order valence-electron chi connectivity index (χ3n) is 1.77. The van der Waals surface area contributed by atoms with Gasteiger partial charge in [0.05, 0.1) is 5.56 Å². The molecule has 2 rings (SSSR count). The van der Waals surface area contributed by atoms with Crippen molar-refractivity contribution in [1.29, 1.82) is 0 Å². The Bertz CT molecular complexity index is 362. The first-order chi connectivity index (χ1) is 6.31. The first kappa shape index (κ1) is 7.85. The van der Waals surface area contributed by atoms with E-state index < -0.39 is 0 Å². The van der Waals surface area contributed by atoms with Gasteiger partial charge in [-0.1, -0.05) is 5.16 Å². The predicted octanol–water partition coefficient (Wildman–Crippen LogP) is 0.0629. The summed E-state index contributed by atoms with van der Waals surface area (Å²) in [7, 11) is 1.47. The molecule has 2 heterocycles. The van der Waals surface area contributed by atoms with E-state index in [-0.39, 0.29) is 0 Å². The number of nitrogens with zero attached hydrogens (tertiary/aromatic N) is 2. The van der Waals surface area contributed by atoms with Crippen molar-refractivity contribution < 1.29 is 14.3 Å². The average Bonchev–Trinajstić information content (AvgIpc) is 2.49. The van der Waals surface area contributed by atoms with Crippen molar-refractivity contribution in [2.24, 2.45) is 5.16 Å². The van der Waals surface area contributed by atoms with Crippen molar-refractivity contribution in [2.45, 2.75) is 0 Å². The summed E-state index contributed by atoms with van der Waals surface area (Å²) in [5, 5.41) is 14.6. The molecule has 0 amide bonds. The van der Waals surface area contributed by atoms with Gasteiger partial charge in [-0.2, -0.15) is 4.73 Å². The summed E-state index contributed by atoms with van der Waals surface area (Å²) in [5.41, 5.74) is 1.52. The standard InChI is InChI=1S/C8H8N2O3/c1-12-9-7-5-13-8-4-10(11)3-2-6(7)8/h2-4H,5H2,1H3. The van der Waals surface area contributed by atoms with Crippen LogP contribution < -0.4 is 9.47 Å². The minimum atomic E-state index is 0.354. The molecule has 13 heavy (non-hydrogen) atoms. The molecule has 0 unspecified atom stereocenters. The van der Waals surface area contributed by atoms with Crippen LogP contribution in [0, 0.1) is 5.21 Å². The molecule has 1 aromatic heterocycles. The van der Waals surface area contributed by atoms with Gasteiger partial charge in [-0.05, 0) is 0 Å². The highest BCUT2D eigenvalue weighted by Crippen LogP contribution is 2.22. The molecule has 5 heteroatoms. The Morgan fingerprint density at radius 1 is 1.69 bits per heavy atom. The Morgan fingerprint density at radius 3 is 3.31 bits per heavy atom. The molecule has 0 bridgehead atoms. The van der Waals surface area contributed by atoms with Crippen molar-refractivity contribution in [1.82, 2.24) is 0 Å². The highest BCUT2D eigenvalue weighted by molar-refractivity contribution is 6.05. The molecule has 0 radical (unpaired) electrons. The van der Waals surface area contributed by atoms with Gasteiger partial charge in [0.15, 0.2) is 11.9 Å². The molecule has 0 saturated carbocycles. The summed E-state index contributed by atoms with van der Waals surface area (Å²) < 4.78 is 5.90. The van der Waals surface area contributed by atoms with Crippen molar-refractivity contribution in [3.05, 3.63) is 29.2 Å². The molecule has 5 nitrogen and oxygen atoms in total. The molecule has 0 N–H and O–H groups in total. The molecule has 0 saturated heterocycles. The summed E-state index contributed by atoms with van der Waals surface area (Å²) in [4.78, 5) is 4.64. The maximum absolute atomic E-state index is 10.9. The lowest BCUT2D eigenvalue weighted by molar-refractivity contribution is -0.605. The molecule has 0 atom stereocenters. The van der Waals surface area contributed by atoms with Gasteiger partial charge in [0.25, 0.3) is 0 Å². The summed E-state index contributed by atoms with van der Waals surface area (Å²) in [5.74, 6) is 0.549. The number of hydrogen-bond acceptors (Lipinski definition) is 4. The van der Waals surface area contributed by atoms with Crippen LogP contribution in [0.15, 0.2) is 23.6 Å². The highest BCUT2D eigenvalue weighted by atomic mass is 16.6. The number of pyridine rings is 1. The smallest absolute Gasteiger partial charge is 0.223 e. The molecular formula is C8H8N2O3. The van der Waals surface area contributed by atoms with Crippen LogP contribution in [0.4, 0.5) is 0 Å². The molecule has 1 aliphatic rings. The van der Waals surface area contributed by atoms with Gasteiger partial charge >= 0.3 is 0 Å². The first-order valence-corrected chi connectivity index (χ1v) is 3.77. The van der Waals surface area contributed by atoms with E-state index in [4.69, 9.17) is 4.74 Å². The molecule has 1 aromatic rings. The lowest BCUT2D eigenvalue weighted by Gasteiger charge is -1.97. The maximum atomic E-state index is 10.9. The van der Waals surface area contributed by atoms with Gasteiger partial charge in [0, 0.05) is 6.07 Å². The third-order valence-corrected chi connectivity index (χ3v) is 1.77. The molecule has 0 spiro atoms. The van der Waals surface area contributed by atoms with Gasteiger partial charge < -0.3 is 14.8 Å². The lowest BCUT2D eigenvalue weighted by Crippen LogP contribution is -2.24. The van der Waals surface area contributed by atoms with Crippen molar-refractivity contribution in [3.63, 3.8) is 0 Å². The topological polar surface area (TPSA) is 57.8 Å². The van der Waals surface area contributed by atoms with E-state index in [1.165, 1.54) is 19.5 Å². The molecule has 0 aromatic carbocycles. The minimum absolute atomic E-state index is 0.354. The second-order valence-corrected chi connectivity index (χ2v) is 2.59. The van der Waals surface area contributed by atoms with Crippen LogP contribution in [-0.4, -0.2) is 19.4 Å². The van der Waals surface area contributed by atoms with Crippen LogP contribution in [0.1, 0.15) is 5.56 Å². The fourth-order valence-corrected chi connectivity index (χ4v) is 1.22. The first-order valence-electron chi connectivity index (χ1n) is 3.77. The molecule has 0 fully saturated rings. The number of rotatable bonds is 1. The fourth-order valence-electron chi connectivity index (χ4n) is 1.22. The van der Waals surface area contributed by atoms with E-state index in [1.807, 2.05) is 0 Å². The van der Waals surface area contributed by atoms with Crippen LogP contribution in [0.3, 0.4) is 0 Å². The number of ether oxygens (including phenoxy) is 1. The average molecular weight is 180 g/mol. The van der Waals surface area contributed by atoms with Crippen LogP contribution in [0.25, 0.3) is 0 Å².